The smallest absolute Gasteiger partial charge is 0.366 e. The van der Waals surface area contributed by atoms with Crippen molar-refractivity contribution in [3.8, 4) is 5.75 Å². The van der Waals surface area contributed by atoms with E-state index in [2.05, 4.69) is 6.58 Å². The fourth-order valence-corrected chi connectivity index (χ4v) is 2.48. The van der Waals surface area contributed by atoms with E-state index in [1.807, 2.05) is 0 Å². The molecule has 0 saturated heterocycles. The van der Waals surface area contributed by atoms with Gasteiger partial charge in [0, 0.05) is 0 Å². The quantitative estimate of drug-likeness (QED) is 0.571. The van der Waals surface area contributed by atoms with Gasteiger partial charge in [-0.3, -0.25) is 4.79 Å². The van der Waals surface area contributed by atoms with Crippen LogP contribution in [0.2, 0.25) is 0 Å². The van der Waals surface area contributed by atoms with Crippen LogP contribution in [0, 0.1) is 0 Å². The molecule has 4 nitrogen and oxygen atoms in total. The molecule has 0 amide bonds. The molecule has 6 heteroatoms. The number of alkyl halides is 2. The first-order valence-corrected chi connectivity index (χ1v) is 7.56. The highest BCUT2D eigenvalue weighted by atomic mass is 35.5. The van der Waals surface area contributed by atoms with E-state index in [0.29, 0.717) is 6.42 Å². The average molecular weight is 345 g/mol. The predicted octanol–water partition coefficient (Wildman–Crippen LogP) is 4.01. The highest BCUT2D eigenvalue weighted by Crippen LogP contribution is 2.42. The molecule has 0 aliphatic heterocycles. The fraction of sp³-hybridized carbons (Fsp3) is 0.375. The summed E-state index contributed by atoms with van der Waals surface area (Å²) in [6.45, 7) is 6.92. The average Bonchev–Trinajstić information content (AvgIpc) is 2.53. The van der Waals surface area contributed by atoms with Gasteiger partial charge < -0.3 is 9.84 Å². The molecule has 0 aliphatic carbocycles. The third-order valence-electron chi connectivity index (χ3n) is 3.38. The van der Waals surface area contributed by atoms with Crippen LogP contribution in [0.4, 0.5) is 0 Å². The number of carbonyl (C=O) groups is 2. The van der Waals surface area contributed by atoms with Crippen LogP contribution >= 0.6 is 23.2 Å². The van der Waals surface area contributed by atoms with Crippen LogP contribution in [0.5, 0.6) is 5.75 Å². The van der Waals surface area contributed by atoms with Gasteiger partial charge in [-0.05, 0) is 30.5 Å². The van der Waals surface area contributed by atoms with E-state index in [0.717, 1.165) is 0 Å². The molecule has 0 bridgehead atoms. The Kier molecular flexibility index (Phi) is 6.03. The third kappa shape index (κ3) is 3.28. The second-order valence-corrected chi connectivity index (χ2v) is 5.93. The van der Waals surface area contributed by atoms with Crippen molar-refractivity contribution in [2.45, 2.75) is 36.6 Å². The van der Waals surface area contributed by atoms with Gasteiger partial charge in [0.05, 0.1) is 0 Å². The SMILES string of the molecule is C=C(CC)C(=O)C(Cl)(CC)C(Cl)(Oc1ccccc1)C(=O)O. The number of benzene rings is 1. The first-order chi connectivity index (χ1) is 10.2. The Morgan fingerprint density at radius 3 is 2.18 bits per heavy atom. The van der Waals surface area contributed by atoms with Crippen LogP contribution in [0.25, 0.3) is 0 Å². The van der Waals surface area contributed by atoms with E-state index >= 15 is 0 Å². The number of hydrogen-bond acceptors (Lipinski definition) is 3. The van der Waals surface area contributed by atoms with Crippen molar-refractivity contribution in [2.75, 3.05) is 0 Å². The van der Waals surface area contributed by atoms with Gasteiger partial charge >= 0.3 is 11.0 Å². The molecule has 0 heterocycles. The van der Waals surface area contributed by atoms with Gasteiger partial charge in [-0.25, -0.2) is 4.79 Å². The van der Waals surface area contributed by atoms with E-state index in [1.165, 1.54) is 12.1 Å². The van der Waals surface area contributed by atoms with E-state index in [9.17, 15) is 14.7 Å². The van der Waals surface area contributed by atoms with E-state index in [-0.39, 0.29) is 17.7 Å². The lowest BCUT2D eigenvalue weighted by atomic mass is 9.88. The Labute approximate surface area is 139 Å². The van der Waals surface area contributed by atoms with Crippen molar-refractivity contribution in [3.63, 3.8) is 0 Å². The van der Waals surface area contributed by atoms with Crippen LogP contribution in [0.15, 0.2) is 42.5 Å². The predicted molar refractivity (Wildman–Crippen MR) is 86.6 cm³/mol. The minimum absolute atomic E-state index is 0.0327. The van der Waals surface area contributed by atoms with Gasteiger partial charge in [0.25, 0.3) is 0 Å². The topological polar surface area (TPSA) is 63.6 Å². The van der Waals surface area contributed by atoms with Crippen LogP contribution in [0.1, 0.15) is 26.7 Å². The molecule has 0 aliphatic rings. The molecular formula is C16H18Cl2O4. The summed E-state index contributed by atoms with van der Waals surface area (Å²) in [7, 11) is 0. The summed E-state index contributed by atoms with van der Waals surface area (Å²) in [5.74, 6) is -1.96. The largest absolute Gasteiger partial charge is 0.477 e. The summed E-state index contributed by atoms with van der Waals surface area (Å²) in [5, 5.41) is 7.10. The number of carbonyl (C=O) groups excluding carboxylic acids is 1. The van der Waals surface area contributed by atoms with E-state index < -0.39 is 21.7 Å². The van der Waals surface area contributed by atoms with Gasteiger partial charge in [0.1, 0.15) is 5.75 Å². The summed E-state index contributed by atoms with van der Waals surface area (Å²) in [6.07, 6.45) is 0.306. The molecule has 2 atom stereocenters. The lowest BCUT2D eigenvalue weighted by molar-refractivity contribution is -0.153. The zero-order valence-electron chi connectivity index (χ0n) is 12.4. The number of allylic oxidation sites excluding steroid dienone is 1. The number of hydrogen-bond donors (Lipinski definition) is 1. The number of ether oxygens (including phenoxy) is 1. The maximum Gasteiger partial charge on any atom is 0.366 e. The maximum atomic E-state index is 12.5. The van der Waals surface area contributed by atoms with Gasteiger partial charge in [0.2, 0.25) is 0 Å². The van der Waals surface area contributed by atoms with E-state index in [1.54, 1.807) is 32.0 Å². The normalized spacial score (nSPS) is 16.2. The van der Waals surface area contributed by atoms with Crippen LogP contribution in [-0.2, 0) is 9.59 Å². The minimum Gasteiger partial charge on any atom is -0.477 e. The zero-order chi connectivity index (χ0) is 17.0. The Bertz CT molecular complexity index is 573. The second-order valence-electron chi connectivity index (χ2n) is 4.76. The number of ketones is 1. The fourth-order valence-electron chi connectivity index (χ4n) is 1.92. The van der Waals surface area contributed by atoms with Gasteiger partial charge in [-0.1, -0.05) is 50.2 Å². The van der Waals surface area contributed by atoms with Gasteiger partial charge in [-0.15, -0.1) is 11.6 Å². The highest BCUT2D eigenvalue weighted by Gasteiger charge is 2.61. The third-order valence-corrected chi connectivity index (χ3v) is 4.74. The number of rotatable bonds is 8. The molecular weight excluding hydrogens is 327 g/mol. The Morgan fingerprint density at radius 2 is 1.77 bits per heavy atom. The van der Waals surface area contributed by atoms with Crippen LogP contribution in [-0.4, -0.2) is 26.8 Å². The number of para-hydroxylation sites is 1. The standard InChI is InChI=1S/C16H18Cl2O4/c1-4-11(3)13(19)15(17,5-2)16(18,14(20)21)22-12-9-7-6-8-10-12/h6-10H,3-5H2,1-2H3,(H,20,21). The van der Waals surface area contributed by atoms with Crippen molar-refractivity contribution in [1.29, 1.82) is 0 Å². The molecule has 1 aromatic carbocycles. The van der Waals surface area contributed by atoms with Gasteiger partial charge in [-0.2, -0.15) is 0 Å². The van der Waals surface area contributed by atoms with Gasteiger partial charge in [0.15, 0.2) is 10.7 Å². The summed E-state index contributed by atoms with van der Waals surface area (Å²) in [6, 6.07) is 8.12. The Morgan fingerprint density at radius 1 is 1.23 bits per heavy atom. The Hall–Kier alpha value is -1.52. The molecule has 0 fully saturated rings. The molecule has 1 aromatic rings. The molecule has 2 unspecified atom stereocenters. The molecule has 120 valence electrons. The molecule has 22 heavy (non-hydrogen) atoms. The van der Waals surface area contributed by atoms with Crippen molar-refractivity contribution in [3.05, 3.63) is 42.5 Å². The number of aliphatic carboxylic acids is 1. The first-order valence-electron chi connectivity index (χ1n) is 6.80. The van der Waals surface area contributed by atoms with Crippen LogP contribution in [0.3, 0.4) is 0 Å². The lowest BCUT2D eigenvalue weighted by Gasteiger charge is -2.37. The molecule has 0 aromatic heterocycles. The summed E-state index contributed by atoms with van der Waals surface area (Å²) >= 11 is 12.5. The van der Waals surface area contributed by atoms with Crippen molar-refractivity contribution in [1.82, 2.24) is 0 Å². The number of Topliss-reactive ketones (excluding diaryl/α,β-unsaturated/α-hetero) is 1. The minimum atomic E-state index is -2.44. The number of carboxylic acids is 1. The molecule has 0 spiro atoms. The maximum absolute atomic E-state index is 12.5. The lowest BCUT2D eigenvalue weighted by Crippen LogP contribution is -2.60. The highest BCUT2D eigenvalue weighted by molar-refractivity contribution is 6.49. The monoisotopic (exact) mass is 344 g/mol. The molecule has 1 rings (SSSR count). The Balaban J connectivity index is 3.34. The summed E-state index contributed by atoms with van der Waals surface area (Å²) in [4.78, 5) is 22.3. The number of carboxylic acid groups (broad SMARTS) is 1. The number of halogens is 2. The summed E-state index contributed by atoms with van der Waals surface area (Å²) < 4.78 is 5.41. The second kappa shape index (κ2) is 7.16. The molecule has 0 radical (unpaired) electrons. The first kappa shape index (κ1) is 18.5. The summed E-state index contributed by atoms with van der Waals surface area (Å²) in [5.41, 5.74) is 0.194. The zero-order valence-corrected chi connectivity index (χ0v) is 13.9. The van der Waals surface area contributed by atoms with Crippen molar-refractivity contribution < 1.29 is 19.4 Å². The molecule has 0 saturated carbocycles. The van der Waals surface area contributed by atoms with E-state index in [4.69, 9.17) is 27.9 Å². The van der Waals surface area contributed by atoms with Crippen molar-refractivity contribution >= 4 is 35.0 Å². The van der Waals surface area contributed by atoms with Crippen LogP contribution < -0.4 is 4.74 Å². The van der Waals surface area contributed by atoms with Crippen molar-refractivity contribution in [2.24, 2.45) is 0 Å². The molecule has 1 N–H and O–H groups in total.